The van der Waals surface area contributed by atoms with E-state index in [0.29, 0.717) is 19.5 Å². The molecule has 2 heterocycles. The summed E-state index contributed by atoms with van der Waals surface area (Å²) >= 11 is 0. The zero-order valence-corrected chi connectivity index (χ0v) is 16.0. The molecule has 2 aliphatic rings. The van der Waals surface area contributed by atoms with E-state index in [0.717, 1.165) is 31.2 Å². The van der Waals surface area contributed by atoms with Crippen LogP contribution in [0.3, 0.4) is 0 Å². The van der Waals surface area contributed by atoms with Crippen molar-refractivity contribution >= 4 is 12.0 Å². The zero-order valence-electron chi connectivity index (χ0n) is 16.0. The minimum absolute atomic E-state index is 0.0508. The van der Waals surface area contributed by atoms with Crippen molar-refractivity contribution in [1.29, 1.82) is 0 Å². The van der Waals surface area contributed by atoms with Crippen molar-refractivity contribution in [1.82, 2.24) is 14.8 Å². The van der Waals surface area contributed by atoms with Gasteiger partial charge in [0.1, 0.15) is 11.6 Å². The number of ether oxygens (including phenoxy) is 1. The van der Waals surface area contributed by atoms with Crippen LogP contribution in [0.4, 0.5) is 4.79 Å². The van der Waals surface area contributed by atoms with Crippen LogP contribution in [0.25, 0.3) is 0 Å². The summed E-state index contributed by atoms with van der Waals surface area (Å²) in [7, 11) is 0. The van der Waals surface area contributed by atoms with Crippen LogP contribution >= 0.6 is 0 Å². The Morgan fingerprint density at radius 2 is 1.88 bits per heavy atom. The number of carbonyl (C=O) groups is 2. The number of likely N-dealkylation sites (tertiary alicyclic amines) is 1. The highest BCUT2D eigenvalue weighted by Crippen LogP contribution is 2.31. The molecule has 0 unspecified atom stereocenters. The molecule has 0 aromatic carbocycles. The predicted octanol–water partition coefficient (Wildman–Crippen LogP) is 3.36. The van der Waals surface area contributed by atoms with Gasteiger partial charge in [-0.2, -0.15) is 0 Å². The molecule has 1 aliphatic carbocycles. The molecule has 26 heavy (non-hydrogen) atoms. The van der Waals surface area contributed by atoms with Crippen LogP contribution in [-0.4, -0.2) is 51.0 Å². The monoisotopic (exact) mass is 359 g/mol. The van der Waals surface area contributed by atoms with Crippen LogP contribution in [0.1, 0.15) is 58.4 Å². The van der Waals surface area contributed by atoms with E-state index in [2.05, 4.69) is 4.98 Å². The average molecular weight is 359 g/mol. The third-order valence-electron chi connectivity index (χ3n) is 4.79. The Kier molecular flexibility index (Phi) is 5.49. The van der Waals surface area contributed by atoms with E-state index in [9.17, 15) is 9.59 Å². The van der Waals surface area contributed by atoms with Crippen LogP contribution in [0.5, 0.6) is 0 Å². The number of rotatable bonds is 4. The Balaban J connectivity index is 1.74. The lowest BCUT2D eigenvalue weighted by atomic mass is 10.0. The minimum Gasteiger partial charge on any atom is -0.444 e. The minimum atomic E-state index is -0.560. The molecule has 0 spiro atoms. The molecule has 1 aromatic rings. The van der Waals surface area contributed by atoms with Crippen molar-refractivity contribution in [3.8, 4) is 0 Å². The summed E-state index contributed by atoms with van der Waals surface area (Å²) in [4.78, 5) is 33.6. The van der Waals surface area contributed by atoms with Gasteiger partial charge in [-0.3, -0.25) is 14.7 Å². The van der Waals surface area contributed by atoms with Gasteiger partial charge in [0, 0.05) is 31.5 Å². The highest BCUT2D eigenvalue weighted by atomic mass is 16.6. The van der Waals surface area contributed by atoms with Crippen molar-refractivity contribution in [2.75, 3.05) is 6.54 Å². The molecule has 1 aliphatic heterocycles. The first-order valence-corrected chi connectivity index (χ1v) is 9.54. The second kappa shape index (κ2) is 7.64. The average Bonchev–Trinajstić information content (AvgIpc) is 3.43. The first-order valence-electron chi connectivity index (χ1n) is 9.54. The van der Waals surface area contributed by atoms with Crippen molar-refractivity contribution in [2.24, 2.45) is 0 Å². The van der Waals surface area contributed by atoms with Crippen LogP contribution < -0.4 is 0 Å². The van der Waals surface area contributed by atoms with Crippen LogP contribution in [0.2, 0.25) is 0 Å². The fourth-order valence-electron chi connectivity index (χ4n) is 3.38. The molecule has 6 heteroatoms. The lowest BCUT2D eigenvalue weighted by molar-refractivity contribution is -0.139. The van der Waals surface area contributed by atoms with Crippen molar-refractivity contribution < 1.29 is 14.3 Å². The predicted molar refractivity (Wildman–Crippen MR) is 98.4 cm³/mol. The molecular formula is C20H29N3O3. The molecule has 1 atom stereocenters. The molecule has 142 valence electrons. The van der Waals surface area contributed by atoms with Gasteiger partial charge in [0.25, 0.3) is 0 Å². The topological polar surface area (TPSA) is 62.7 Å². The van der Waals surface area contributed by atoms with E-state index in [1.807, 2.05) is 37.8 Å². The van der Waals surface area contributed by atoms with Gasteiger partial charge in [-0.05, 0) is 70.6 Å². The van der Waals surface area contributed by atoms with Crippen LogP contribution in [-0.2, 0) is 16.1 Å². The second-order valence-corrected chi connectivity index (χ2v) is 8.24. The van der Waals surface area contributed by atoms with Gasteiger partial charge in [-0.15, -0.1) is 0 Å². The van der Waals surface area contributed by atoms with Gasteiger partial charge in [0.2, 0.25) is 5.91 Å². The van der Waals surface area contributed by atoms with Crippen molar-refractivity contribution in [3.63, 3.8) is 0 Å². The normalized spacial score (nSPS) is 20.6. The third kappa shape index (κ3) is 4.74. The molecule has 2 amide bonds. The summed E-state index contributed by atoms with van der Waals surface area (Å²) in [6.07, 6.45) is 7.77. The number of nitrogens with zero attached hydrogens (tertiary/aromatic N) is 3. The number of carbonyl (C=O) groups excluding carboxylic acids is 2. The molecule has 0 N–H and O–H groups in total. The van der Waals surface area contributed by atoms with Gasteiger partial charge in [-0.25, -0.2) is 4.79 Å². The number of piperidine rings is 1. The van der Waals surface area contributed by atoms with Gasteiger partial charge in [-0.1, -0.05) is 0 Å². The molecule has 0 radical (unpaired) electrons. The van der Waals surface area contributed by atoms with E-state index in [1.165, 1.54) is 0 Å². The number of hydrogen-bond donors (Lipinski definition) is 0. The van der Waals surface area contributed by atoms with E-state index in [1.54, 1.807) is 17.3 Å². The SMILES string of the molecule is CC(C)(C)OC(=O)N1CCCC[C@@H]1C(=O)N(Cc1ccncc1)C1CC1. The zero-order chi connectivity index (χ0) is 18.7. The molecule has 2 fully saturated rings. The summed E-state index contributed by atoms with van der Waals surface area (Å²) in [5, 5.41) is 0. The third-order valence-corrected chi connectivity index (χ3v) is 4.79. The summed E-state index contributed by atoms with van der Waals surface area (Å²) in [5.41, 5.74) is 0.509. The highest BCUT2D eigenvalue weighted by molar-refractivity contribution is 5.86. The lowest BCUT2D eigenvalue weighted by Crippen LogP contribution is -2.54. The fraction of sp³-hybridized carbons (Fsp3) is 0.650. The van der Waals surface area contributed by atoms with Crippen molar-refractivity contribution in [2.45, 2.75) is 77.1 Å². The quantitative estimate of drug-likeness (QED) is 0.827. The lowest BCUT2D eigenvalue weighted by Gasteiger charge is -2.38. The molecule has 0 bridgehead atoms. The van der Waals surface area contributed by atoms with Gasteiger partial charge in [0.15, 0.2) is 0 Å². The first-order chi connectivity index (χ1) is 12.3. The maximum absolute atomic E-state index is 13.3. The van der Waals surface area contributed by atoms with Gasteiger partial charge in [0.05, 0.1) is 0 Å². The van der Waals surface area contributed by atoms with Gasteiger partial charge < -0.3 is 9.64 Å². The summed E-state index contributed by atoms with van der Waals surface area (Å²) in [6.45, 7) is 6.71. The van der Waals surface area contributed by atoms with E-state index in [4.69, 9.17) is 4.74 Å². The van der Waals surface area contributed by atoms with E-state index < -0.39 is 11.6 Å². The van der Waals surface area contributed by atoms with Crippen molar-refractivity contribution in [3.05, 3.63) is 30.1 Å². The maximum Gasteiger partial charge on any atom is 0.410 e. The highest BCUT2D eigenvalue weighted by Gasteiger charge is 2.41. The number of hydrogen-bond acceptors (Lipinski definition) is 4. The molecule has 1 saturated carbocycles. The Labute approximate surface area is 155 Å². The van der Waals surface area contributed by atoms with Crippen LogP contribution in [0, 0.1) is 0 Å². The summed E-state index contributed by atoms with van der Waals surface area (Å²) in [6, 6.07) is 3.75. The largest absolute Gasteiger partial charge is 0.444 e. The Hall–Kier alpha value is -2.11. The number of amides is 2. The Bertz CT molecular complexity index is 637. The fourth-order valence-corrected chi connectivity index (χ4v) is 3.38. The molecule has 1 aromatic heterocycles. The standard InChI is InChI=1S/C20H29N3O3/c1-20(2,3)26-19(25)22-13-5-4-6-17(22)18(24)23(16-7-8-16)14-15-9-11-21-12-10-15/h9-12,16-17H,4-8,13-14H2,1-3H3/t17-/m1/s1. The molecule has 3 rings (SSSR count). The molecule has 1 saturated heterocycles. The molecule has 6 nitrogen and oxygen atoms in total. The summed E-state index contributed by atoms with van der Waals surface area (Å²) in [5.74, 6) is 0.0508. The molecular weight excluding hydrogens is 330 g/mol. The number of aromatic nitrogens is 1. The first kappa shape index (κ1) is 18.7. The van der Waals surface area contributed by atoms with E-state index >= 15 is 0 Å². The summed E-state index contributed by atoms with van der Waals surface area (Å²) < 4.78 is 5.54. The Morgan fingerprint density at radius 3 is 2.50 bits per heavy atom. The second-order valence-electron chi connectivity index (χ2n) is 8.24. The number of pyridine rings is 1. The maximum atomic E-state index is 13.3. The Morgan fingerprint density at radius 1 is 1.19 bits per heavy atom. The van der Waals surface area contributed by atoms with Crippen LogP contribution in [0.15, 0.2) is 24.5 Å². The smallest absolute Gasteiger partial charge is 0.410 e. The van der Waals surface area contributed by atoms with Gasteiger partial charge >= 0.3 is 6.09 Å². The van der Waals surface area contributed by atoms with E-state index in [-0.39, 0.29) is 18.0 Å².